The summed E-state index contributed by atoms with van der Waals surface area (Å²) in [5.41, 5.74) is 0.477. The van der Waals surface area contributed by atoms with Crippen molar-refractivity contribution in [3.05, 3.63) is 17.2 Å². The fourth-order valence-electron chi connectivity index (χ4n) is 2.25. The van der Waals surface area contributed by atoms with E-state index < -0.39 is 0 Å². The summed E-state index contributed by atoms with van der Waals surface area (Å²) in [7, 11) is 3.00. The fraction of sp³-hybridized carbons (Fsp3) is 0.556. The number of halogens is 1. The molecule has 0 heterocycles. The van der Waals surface area contributed by atoms with Crippen molar-refractivity contribution in [1.29, 1.82) is 0 Å². The molecular formula is C18H27ClN2O4. The van der Waals surface area contributed by atoms with Crippen LogP contribution >= 0.6 is 11.6 Å². The molecule has 1 aromatic carbocycles. The molecule has 0 bridgehead atoms. The van der Waals surface area contributed by atoms with Gasteiger partial charge in [0.25, 0.3) is 0 Å². The number of amides is 2. The second-order valence-electron chi connectivity index (χ2n) is 6.17. The zero-order valence-electron chi connectivity index (χ0n) is 15.5. The van der Waals surface area contributed by atoms with Crippen LogP contribution in [0.25, 0.3) is 0 Å². The molecule has 140 valence electrons. The Morgan fingerprint density at radius 2 is 1.80 bits per heavy atom. The lowest BCUT2D eigenvalue weighted by Gasteiger charge is -2.22. The van der Waals surface area contributed by atoms with Crippen molar-refractivity contribution >= 4 is 29.1 Å². The molecule has 2 amide bonds. The number of hydrogen-bond acceptors (Lipinski definition) is 4. The van der Waals surface area contributed by atoms with Crippen LogP contribution in [-0.4, -0.2) is 44.0 Å². The van der Waals surface area contributed by atoms with E-state index in [0.717, 1.165) is 6.42 Å². The van der Waals surface area contributed by atoms with Crippen LogP contribution in [0.3, 0.4) is 0 Å². The molecule has 0 unspecified atom stereocenters. The molecule has 0 aliphatic rings. The van der Waals surface area contributed by atoms with E-state index in [0.29, 0.717) is 41.2 Å². The third-order valence-corrected chi connectivity index (χ3v) is 4.07. The van der Waals surface area contributed by atoms with Crippen LogP contribution in [-0.2, 0) is 9.59 Å². The van der Waals surface area contributed by atoms with Gasteiger partial charge in [-0.1, -0.05) is 25.4 Å². The Labute approximate surface area is 154 Å². The highest BCUT2D eigenvalue weighted by Gasteiger charge is 2.15. The highest BCUT2D eigenvalue weighted by molar-refractivity contribution is 6.32. The van der Waals surface area contributed by atoms with Gasteiger partial charge in [-0.05, 0) is 12.3 Å². The number of hydrogen-bond donors (Lipinski definition) is 1. The van der Waals surface area contributed by atoms with Gasteiger partial charge in [-0.15, -0.1) is 0 Å². The fourth-order valence-corrected chi connectivity index (χ4v) is 2.48. The SMILES string of the molecule is COc1cc(NC(=O)CCN(CCC(C)C)C(C)=O)c(OC)cc1Cl. The van der Waals surface area contributed by atoms with Gasteiger partial charge in [-0.3, -0.25) is 9.59 Å². The largest absolute Gasteiger partial charge is 0.495 e. The van der Waals surface area contributed by atoms with Gasteiger partial charge in [0, 0.05) is 38.6 Å². The lowest BCUT2D eigenvalue weighted by molar-refractivity contribution is -0.129. The molecule has 0 aliphatic carbocycles. The summed E-state index contributed by atoms with van der Waals surface area (Å²) in [5, 5.41) is 3.18. The van der Waals surface area contributed by atoms with Crippen molar-refractivity contribution < 1.29 is 19.1 Å². The topological polar surface area (TPSA) is 67.9 Å². The zero-order valence-corrected chi connectivity index (χ0v) is 16.3. The summed E-state index contributed by atoms with van der Waals surface area (Å²) in [6.45, 7) is 6.75. The van der Waals surface area contributed by atoms with Gasteiger partial charge in [0.1, 0.15) is 11.5 Å². The number of anilines is 1. The molecule has 0 atom stereocenters. The maximum absolute atomic E-state index is 12.3. The molecule has 0 saturated carbocycles. The number of rotatable bonds is 9. The van der Waals surface area contributed by atoms with E-state index in [-0.39, 0.29) is 18.2 Å². The first-order chi connectivity index (χ1) is 11.8. The van der Waals surface area contributed by atoms with E-state index >= 15 is 0 Å². The van der Waals surface area contributed by atoms with Gasteiger partial charge in [0.05, 0.1) is 24.9 Å². The molecule has 1 N–H and O–H groups in total. The predicted octanol–water partition coefficient (Wildman–Crippen LogP) is 3.58. The number of ether oxygens (including phenoxy) is 2. The summed E-state index contributed by atoms with van der Waals surface area (Å²) < 4.78 is 10.4. The number of carbonyl (C=O) groups is 2. The Bertz CT molecular complexity index is 605. The highest BCUT2D eigenvalue weighted by Crippen LogP contribution is 2.35. The predicted molar refractivity (Wildman–Crippen MR) is 99.5 cm³/mol. The summed E-state index contributed by atoms with van der Waals surface area (Å²) in [6.07, 6.45) is 1.11. The zero-order chi connectivity index (χ0) is 19.0. The molecule has 0 saturated heterocycles. The first kappa shape index (κ1) is 21.1. The lowest BCUT2D eigenvalue weighted by atomic mass is 10.1. The van der Waals surface area contributed by atoms with Crippen LogP contribution in [0.4, 0.5) is 5.69 Å². The average molecular weight is 371 g/mol. The van der Waals surface area contributed by atoms with Gasteiger partial charge < -0.3 is 19.7 Å². The molecule has 0 radical (unpaired) electrons. The van der Waals surface area contributed by atoms with E-state index in [1.54, 1.807) is 17.0 Å². The number of nitrogens with zero attached hydrogens (tertiary/aromatic N) is 1. The van der Waals surface area contributed by atoms with E-state index in [2.05, 4.69) is 19.2 Å². The van der Waals surface area contributed by atoms with Crippen LogP contribution in [0.2, 0.25) is 5.02 Å². The molecular weight excluding hydrogens is 344 g/mol. The van der Waals surface area contributed by atoms with Crippen molar-refractivity contribution in [3.63, 3.8) is 0 Å². The minimum atomic E-state index is -0.210. The van der Waals surface area contributed by atoms with Crippen LogP contribution in [0, 0.1) is 5.92 Å². The lowest BCUT2D eigenvalue weighted by Crippen LogP contribution is -2.33. The van der Waals surface area contributed by atoms with Gasteiger partial charge in [-0.25, -0.2) is 0 Å². The quantitative estimate of drug-likeness (QED) is 0.721. The summed E-state index contributed by atoms with van der Waals surface area (Å²) in [5.74, 6) is 1.15. The number of benzene rings is 1. The Kier molecular flexibility index (Phi) is 8.55. The van der Waals surface area contributed by atoms with Gasteiger partial charge in [0.2, 0.25) is 11.8 Å². The summed E-state index contributed by atoms with van der Waals surface area (Å²) in [4.78, 5) is 25.6. The van der Waals surface area contributed by atoms with Crippen molar-refractivity contribution in [2.24, 2.45) is 5.92 Å². The maximum Gasteiger partial charge on any atom is 0.226 e. The minimum absolute atomic E-state index is 0.0285. The van der Waals surface area contributed by atoms with Crippen LogP contribution in [0.5, 0.6) is 11.5 Å². The normalized spacial score (nSPS) is 10.5. The first-order valence-electron chi connectivity index (χ1n) is 8.25. The van der Waals surface area contributed by atoms with E-state index in [9.17, 15) is 9.59 Å². The molecule has 0 aliphatic heterocycles. The molecule has 25 heavy (non-hydrogen) atoms. The highest BCUT2D eigenvalue weighted by atomic mass is 35.5. The molecule has 0 spiro atoms. The van der Waals surface area contributed by atoms with Crippen LogP contribution < -0.4 is 14.8 Å². The summed E-state index contributed by atoms with van der Waals surface area (Å²) >= 11 is 6.05. The van der Waals surface area contributed by atoms with Crippen molar-refractivity contribution in [3.8, 4) is 11.5 Å². The monoisotopic (exact) mass is 370 g/mol. The molecule has 6 nitrogen and oxygen atoms in total. The Balaban J connectivity index is 2.71. The minimum Gasteiger partial charge on any atom is -0.495 e. The number of nitrogens with one attached hydrogen (secondary N) is 1. The average Bonchev–Trinajstić information content (AvgIpc) is 2.55. The van der Waals surface area contributed by atoms with Gasteiger partial charge in [0.15, 0.2) is 0 Å². The Morgan fingerprint density at radius 1 is 1.16 bits per heavy atom. The third kappa shape index (κ3) is 6.82. The van der Waals surface area contributed by atoms with Gasteiger partial charge >= 0.3 is 0 Å². The van der Waals surface area contributed by atoms with Crippen molar-refractivity contribution in [2.75, 3.05) is 32.6 Å². The Hall–Kier alpha value is -1.95. The van der Waals surface area contributed by atoms with Crippen LogP contribution in [0.15, 0.2) is 12.1 Å². The van der Waals surface area contributed by atoms with Crippen molar-refractivity contribution in [1.82, 2.24) is 4.90 Å². The molecule has 1 aromatic rings. The molecule has 7 heteroatoms. The number of carbonyl (C=O) groups excluding carboxylic acids is 2. The second-order valence-corrected chi connectivity index (χ2v) is 6.58. The van der Waals surface area contributed by atoms with E-state index in [1.807, 2.05) is 0 Å². The third-order valence-electron chi connectivity index (χ3n) is 3.78. The van der Waals surface area contributed by atoms with Crippen molar-refractivity contribution in [2.45, 2.75) is 33.6 Å². The van der Waals surface area contributed by atoms with E-state index in [4.69, 9.17) is 21.1 Å². The maximum atomic E-state index is 12.3. The summed E-state index contributed by atoms with van der Waals surface area (Å²) in [6, 6.07) is 3.20. The second kappa shape index (κ2) is 10.1. The smallest absolute Gasteiger partial charge is 0.226 e. The number of methoxy groups -OCH3 is 2. The van der Waals surface area contributed by atoms with E-state index in [1.165, 1.54) is 21.1 Å². The van der Waals surface area contributed by atoms with Gasteiger partial charge in [-0.2, -0.15) is 0 Å². The Morgan fingerprint density at radius 3 is 2.32 bits per heavy atom. The molecule has 1 rings (SSSR count). The first-order valence-corrected chi connectivity index (χ1v) is 8.63. The molecule has 0 fully saturated rings. The van der Waals surface area contributed by atoms with Crippen LogP contribution in [0.1, 0.15) is 33.6 Å². The standard InChI is InChI=1S/C18H27ClN2O4/c1-12(2)6-8-21(13(3)22)9-7-18(23)20-15-11-16(24-4)14(19)10-17(15)25-5/h10-12H,6-9H2,1-5H3,(H,20,23). The molecule has 0 aromatic heterocycles.